The molecule has 154 valence electrons. The monoisotopic (exact) mass is 391 g/mol. The summed E-state index contributed by atoms with van der Waals surface area (Å²) >= 11 is 0. The fourth-order valence-electron chi connectivity index (χ4n) is 4.70. The molecule has 0 bridgehead atoms. The Morgan fingerprint density at radius 2 is 2.03 bits per heavy atom. The lowest BCUT2D eigenvalue weighted by atomic mass is 9.69. The molecule has 3 heteroatoms. The summed E-state index contributed by atoms with van der Waals surface area (Å²) in [6, 6.07) is 10.9. The fourth-order valence-corrected chi connectivity index (χ4v) is 4.70. The number of allylic oxidation sites excluding steroid dienone is 3. The van der Waals surface area contributed by atoms with Crippen LogP contribution in [0.1, 0.15) is 56.7 Å². The molecule has 3 rings (SSSR count). The molecule has 0 saturated carbocycles. The first-order chi connectivity index (χ1) is 13.9. The number of aliphatic hydroxyl groups excluding tert-OH is 1. The molecule has 0 aliphatic carbocycles. The quantitative estimate of drug-likeness (QED) is 0.629. The van der Waals surface area contributed by atoms with Gasteiger partial charge in [0.05, 0.1) is 12.6 Å². The lowest BCUT2D eigenvalue weighted by Gasteiger charge is -2.37. The van der Waals surface area contributed by atoms with E-state index in [-0.39, 0.29) is 24.0 Å². The molecule has 0 spiro atoms. The first-order valence-electron chi connectivity index (χ1n) is 10.4. The Hall–Kier alpha value is -2.23. The van der Waals surface area contributed by atoms with Gasteiger partial charge in [0.1, 0.15) is 0 Å². The van der Waals surface area contributed by atoms with Gasteiger partial charge < -0.3 is 9.84 Å². The molecule has 1 aliphatic heterocycles. The van der Waals surface area contributed by atoms with Gasteiger partial charge in [-0.3, -0.25) is 4.99 Å². The zero-order chi connectivity index (χ0) is 21.2. The molecule has 0 saturated heterocycles. The van der Waals surface area contributed by atoms with Gasteiger partial charge in [-0.25, -0.2) is 0 Å². The van der Waals surface area contributed by atoms with E-state index in [1.165, 1.54) is 33.0 Å². The minimum Gasteiger partial charge on any atom is -0.396 e. The van der Waals surface area contributed by atoms with Crippen molar-refractivity contribution < 1.29 is 9.84 Å². The summed E-state index contributed by atoms with van der Waals surface area (Å²) in [6.45, 7) is 13.4. The number of nitrogens with zero attached hydrogens (tertiary/aromatic N) is 1. The molecule has 1 aliphatic rings. The van der Waals surface area contributed by atoms with Crippen LogP contribution in [-0.4, -0.2) is 37.2 Å². The molecule has 0 radical (unpaired) electrons. The maximum Gasteiger partial charge on any atom is 0.0805 e. The Morgan fingerprint density at radius 1 is 1.31 bits per heavy atom. The largest absolute Gasteiger partial charge is 0.396 e. The minimum atomic E-state index is -0.187. The Labute approximate surface area is 174 Å². The van der Waals surface area contributed by atoms with Crippen molar-refractivity contribution in [3.8, 4) is 0 Å². The third-order valence-electron chi connectivity index (χ3n) is 6.42. The van der Waals surface area contributed by atoms with Crippen LogP contribution in [-0.2, 0) is 10.2 Å². The van der Waals surface area contributed by atoms with Crippen LogP contribution in [0.3, 0.4) is 0 Å². The van der Waals surface area contributed by atoms with Gasteiger partial charge in [-0.1, -0.05) is 68.5 Å². The molecule has 3 nitrogen and oxygen atoms in total. The Bertz CT molecular complexity index is 968. The van der Waals surface area contributed by atoms with E-state index in [0.29, 0.717) is 13.0 Å². The molecule has 2 unspecified atom stereocenters. The van der Waals surface area contributed by atoms with Gasteiger partial charge in [-0.05, 0) is 42.2 Å². The number of aliphatic hydroxyl groups is 1. The number of fused-ring (bicyclic) bond motifs is 2. The summed E-state index contributed by atoms with van der Waals surface area (Å²) in [6.07, 6.45) is 4.64. The first-order valence-corrected chi connectivity index (χ1v) is 10.4. The molecule has 1 N–H and O–H groups in total. The van der Waals surface area contributed by atoms with Crippen LogP contribution < -0.4 is 0 Å². The van der Waals surface area contributed by atoms with Gasteiger partial charge in [0.2, 0.25) is 0 Å². The van der Waals surface area contributed by atoms with Gasteiger partial charge in [0.25, 0.3) is 0 Å². The average molecular weight is 392 g/mol. The van der Waals surface area contributed by atoms with Gasteiger partial charge in [-0.15, -0.1) is 0 Å². The molecule has 0 aromatic heterocycles. The number of rotatable bonds is 7. The van der Waals surface area contributed by atoms with Crippen molar-refractivity contribution in [3.63, 3.8) is 0 Å². The molecule has 0 amide bonds. The minimum absolute atomic E-state index is 0.0292. The van der Waals surface area contributed by atoms with Crippen molar-refractivity contribution in [2.24, 2.45) is 4.99 Å². The molecular weight excluding hydrogens is 358 g/mol. The highest BCUT2D eigenvalue weighted by atomic mass is 16.5. The van der Waals surface area contributed by atoms with E-state index in [1.807, 2.05) is 6.08 Å². The highest BCUT2D eigenvalue weighted by Gasteiger charge is 2.36. The van der Waals surface area contributed by atoms with Crippen molar-refractivity contribution in [2.45, 2.75) is 51.5 Å². The zero-order valence-corrected chi connectivity index (χ0v) is 18.3. The lowest BCUT2D eigenvalue weighted by Crippen LogP contribution is -2.33. The van der Waals surface area contributed by atoms with Gasteiger partial charge in [0, 0.05) is 36.3 Å². The molecular formula is C26H33NO2. The van der Waals surface area contributed by atoms with Crippen LogP contribution in [0.15, 0.2) is 59.6 Å². The predicted octanol–water partition coefficient (Wildman–Crippen LogP) is 5.55. The van der Waals surface area contributed by atoms with Crippen molar-refractivity contribution in [1.29, 1.82) is 0 Å². The average Bonchev–Trinajstić information content (AvgIpc) is 2.69. The van der Waals surface area contributed by atoms with Crippen molar-refractivity contribution in [2.75, 3.05) is 20.3 Å². The zero-order valence-electron chi connectivity index (χ0n) is 18.3. The van der Waals surface area contributed by atoms with E-state index in [4.69, 9.17) is 9.73 Å². The van der Waals surface area contributed by atoms with Crippen molar-refractivity contribution >= 4 is 16.5 Å². The van der Waals surface area contributed by atoms with Gasteiger partial charge >= 0.3 is 0 Å². The third-order valence-corrected chi connectivity index (χ3v) is 6.42. The van der Waals surface area contributed by atoms with Gasteiger partial charge in [0.15, 0.2) is 0 Å². The molecule has 2 atom stereocenters. The van der Waals surface area contributed by atoms with Gasteiger partial charge in [-0.2, -0.15) is 0 Å². The highest BCUT2D eigenvalue weighted by Crippen LogP contribution is 2.45. The predicted molar refractivity (Wildman–Crippen MR) is 123 cm³/mol. The second kappa shape index (κ2) is 8.64. The smallest absolute Gasteiger partial charge is 0.0805 e. The summed E-state index contributed by atoms with van der Waals surface area (Å²) in [5.74, 6) is 0.140. The topological polar surface area (TPSA) is 41.8 Å². The Kier molecular flexibility index (Phi) is 6.40. The summed E-state index contributed by atoms with van der Waals surface area (Å²) < 4.78 is 5.47. The molecule has 29 heavy (non-hydrogen) atoms. The SMILES string of the molecule is C=C/C=C(\C)C(C)(C)c1c2c(cc3ccccc13)C(CCO)C(COC)N=C2C. The van der Waals surface area contributed by atoms with E-state index in [1.54, 1.807) is 7.11 Å². The molecule has 2 aromatic rings. The van der Waals surface area contributed by atoms with Crippen molar-refractivity contribution in [3.05, 3.63) is 71.3 Å². The summed E-state index contributed by atoms with van der Waals surface area (Å²) in [5, 5.41) is 12.3. The number of aliphatic imine (C=N–C) groups is 1. The number of hydrogen-bond donors (Lipinski definition) is 1. The maximum atomic E-state index is 9.79. The van der Waals surface area contributed by atoms with Crippen LogP contribution in [0.25, 0.3) is 10.8 Å². The lowest BCUT2D eigenvalue weighted by molar-refractivity contribution is 0.162. The van der Waals surface area contributed by atoms with E-state index in [9.17, 15) is 5.11 Å². The third kappa shape index (κ3) is 3.82. The Morgan fingerprint density at radius 3 is 2.69 bits per heavy atom. The summed E-state index contributed by atoms with van der Waals surface area (Å²) in [4.78, 5) is 5.04. The highest BCUT2D eigenvalue weighted by molar-refractivity contribution is 6.08. The van der Waals surface area contributed by atoms with Crippen LogP contribution in [0.2, 0.25) is 0 Å². The molecule has 1 heterocycles. The van der Waals surface area contributed by atoms with Crippen LogP contribution in [0.4, 0.5) is 0 Å². The maximum absolute atomic E-state index is 9.79. The van der Waals surface area contributed by atoms with E-state index >= 15 is 0 Å². The first kappa shape index (κ1) is 21.5. The second-order valence-corrected chi connectivity index (χ2v) is 8.50. The standard InChI is InChI=1S/C26H33NO2/c1-7-10-17(2)26(4,5)25-20-12-9-8-11-19(20)15-22-21(13-14-28)23(16-29-6)27-18(3)24(22)25/h7-12,15,21,23,28H,1,13-14,16H2,2-6H3/b17-10+. The summed E-state index contributed by atoms with van der Waals surface area (Å²) in [5.41, 5.74) is 5.95. The number of benzene rings is 2. The van der Waals surface area contributed by atoms with E-state index in [0.717, 1.165) is 5.71 Å². The van der Waals surface area contributed by atoms with Crippen LogP contribution in [0.5, 0.6) is 0 Å². The van der Waals surface area contributed by atoms with Crippen LogP contribution >= 0.6 is 0 Å². The number of methoxy groups -OCH3 is 1. The Balaban J connectivity index is 2.40. The number of hydrogen-bond acceptors (Lipinski definition) is 3. The number of ether oxygens (including phenoxy) is 1. The summed E-state index contributed by atoms with van der Waals surface area (Å²) in [7, 11) is 1.72. The van der Waals surface area contributed by atoms with E-state index in [2.05, 4.69) is 70.7 Å². The molecule has 0 fully saturated rings. The second-order valence-electron chi connectivity index (χ2n) is 8.50. The van der Waals surface area contributed by atoms with Crippen molar-refractivity contribution in [1.82, 2.24) is 0 Å². The normalized spacial score (nSPS) is 19.8. The van der Waals surface area contributed by atoms with E-state index < -0.39 is 0 Å². The fraction of sp³-hybridized carbons (Fsp3) is 0.423. The molecule has 2 aromatic carbocycles. The van der Waals surface area contributed by atoms with Crippen LogP contribution in [0, 0.1) is 0 Å².